The maximum atomic E-state index is 8.98. The lowest BCUT2D eigenvalue weighted by Gasteiger charge is -2.29. The predicted molar refractivity (Wildman–Crippen MR) is 60.1 cm³/mol. The van der Waals surface area contributed by atoms with Crippen LogP contribution in [0, 0.1) is 11.3 Å². The highest BCUT2D eigenvalue weighted by molar-refractivity contribution is 5.03. The van der Waals surface area contributed by atoms with Gasteiger partial charge in [0.1, 0.15) is 5.54 Å². The van der Waals surface area contributed by atoms with Crippen molar-refractivity contribution in [3.8, 4) is 6.07 Å². The maximum Gasteiger partial charge on any atom is 0.104 e. The molecule has 0 saturated heterocycles. The lowest BCUT2D eigenvalue weighted by molar-refractivity contribution is 0.213. The van der Waals surface area contributed by atoms with Crippen LogP contribution >= 0.6 is 0 Å². The van der Waals surface area contributed by atoms with E-state index >= 15 is 0 Å². The second-order valence-electron chi connectivity index (χ2n) is 4.17. The highest BCUT2D eigenvalue weighted by Crippen LogP contribution is 2.10. The van der Waals surface area contributed by atoms with Crippen molar-refractivity contribution in [3.05, 3.63) is 0 Å². The largest absolute Gasteiger partial charge is 0.303 e. The molecule has 0 radical (unpaired) electrons. The molecule has 1 atom stereocenters. The summed E-state index contributed by atoms with van der Waals surface area (Å²) in [6.07, 6.45) is 0.867. The molecule has 0 spiro atoms. The topological polar surface area (TPSA) is 39.1 Å². The maximum absolute atomic E-state index is 8.98. The molecule has 0 aromatic carbocycles. The predicted octanol–water partition coefficient (Wildman–Crippen LogP) is 1.61. The Morgan fingerprint density at radius 2 is 2.07 bits per heavy atom. The van der Waals surface area contributed by atoms with Crippen molar-refractivity contribution >= 4 is 0 Å². The van der Waals surface area contributed by atoms with Crippen LogP contribution in [0.5, 0.6) is 0 Å². The van der Waals surface area contributed by atoms with Crippen molar-refractivity contribution in [3.63, 3.8) is 0 Å². The molecular formula is C11H23N3. The van der Waals surface area contributed by atoms with Gasteiger partial charge in [-0.25, -0.2) is 0 Å². The van der Waals surface area contributed by atoms with Crippen molar-refractivity contribution in [1.82, 2.24) is 10.2 Å². The van der Waals surface area contributed by atoms with Crippen LogP contribution in [-0.4, -0.2) is 36.6 Å². The fourth-order valence-electron chi connectivity index (χ4n) is 1.39. The molecule has 0 aliphatic carbocycles. The molecule has 0 amide bonds. The fraction of sp³-hybridized carbons (Fsp3) is 0.909. The van der Waals surface area contributed by atoms with E-state index in [0.29, 0.717) is 6.04 Å². The Labute approximate surface area is 88.1 Å². The SMILES string of the molecule is CCN(CCC(C)(C#N)NC)C(C)C. The molecule has 0 aromatic rings. The van der Waals surface area contributed by atoms with Crippen LogP contribution in [0.2, 0.25) is 0 Å². The summed E-state index contributed by atoms with van der Waals surface area (Å²) >= 11 is 0. The van der Waals surface area contributed by atoms with E-state index in [4.69, 9.17) is 5.26 Å². The summed E-state index contributed by atoms with van der Waals surface area (Å²) in [5, 5.41) is 12.0. The summed E-state index contributed by atoms with van der Waals surface area (Å²) in [6, 6.07) is 2.86. The van der Waals surface area contributed by atoms with E-state index in [1.54, 1.807) is 0 Å². The summed E-state index contributed by atoms with van der Waals surface area (Å²) in [6.45, 7) is 10.5. The van der Waals surface area contributed by atoms with Crippen LogP contribution in [0.4, 0.5) is 0 Å². The van der Waals surface area contributed by atoms with Gasteiger partial charge in [-0.15, -0.1) is 0 Å². The van der Waals surface area contributed by atoms with Crippen molar-refractivity contribution in [1.29, 1.82) is 5.26 Å². The zero-order chi connectivity index (χ0) is 11.2. The molecule has 3 heteroatoms. The lowest BCUT2D eigenvalue weighted by atomic mass is 10.00. The van der Waals surface area contributed by atoms with Crippen LogP contribution in [-0.2, 0) is 0 Å². The number of hydrogen-bond acceptors (Lipinski definition) is 3. The Morgan fingerprint density at radius 3 is 2.36 bits per heavy atom. The van der Waals surface area contributed by atoms with Gasteiger partial charge in [0.25, 0.3) is 0 Å². The Bertz CT molecular complexity index is 195. The van der Waals surface area contributed by atoms with Crippen LogP contribution in [0.15, 0.2) is 0 Å². The summed E-state index contributed by atoms with van der Waals surface area (Å²) in [5.74, 6) is 0. The Kier molecular flexibility index (Phi) is 5.75. The fourth-order valence-corrected chi connectivity index (χ4v) is 1.39. The Balaban J connectivity index is 4.09. The van der Waals surface area contributed by atoms with Crippen molar-refractivity contribution in [2.45, 2.75) is 45.7 Å². The van der Waals surface area contributed by atoms with Gasteiger partial charge in [-0.2, -0.15) is 5.26 Å². The molecule has 14 heavy (non-hydrogen) atoms. The monoisotopic (exact) mass is 197 g/mol. The molecule has 1 unspecified atom stereocenters. The summed E-state index contributed by atoms with van der Waals surface area (Å²) < 4.78 is 0. The minimum Gasteiger partial charge on any atom is -0.303 e. The molecule has 0 aliphatic heterocycles. The molecule has 0 aliphatic rings. The zero-order valence-electron chi connectivity index (χ0n) is 10.1. The van der Waals surface area contributed by atoms with E-state index in [-0.39, 0.29) is 5.54 Å². The van der Waals surface area contributed by atoms with Crippen molar-refractivity contribution in [2.75, 3.05) is 20.1 Å². The summed E-state index contributed by atoms with van der Waals surface area (Å²) in [4.78, 5) is 2.37. The molecule has 0 saturated carbocycles. The first-order chi connectivity index (χ1) is 6.49. The van der Waals surface area contributed by atoms with E-state index in [9.17, 15) is 0 Å². The third-order valence-corrected chi connectivity index (χ3v) is 2.83. The molecule has 0 fully saturated rings. The van der Waals surface area contributed by atoms with Gasteiger partial charge in [-0.3, -0.25) is 0 Å². The Morgan fingerprint density at radius 1 is 1.50 bits per heavy atom. The number of rotatable bonds is 6. The van der Waals surface area contributed by atoms with Crippen LogP contribution in [0.1, 0.15) is 34.1 Å². The normalized spacial score (nSPS) is 15.6. The van der Waals surface area contributed by atoms with Crippen LogP contribution in [0.3, 0.4) is 0 Å². The highest BCUT2D eigenvalue weighted by Gasteiger charge is 2.22. The van der Waals surface area contributed by atoms with Crippen LogP contribution in [0.25, 0.3) is 0 Å². The van der Waals surface area contributed by atoms with Crippen molar-refractivity contribution < 1.29 is 0 Å². The van der Waals surface area contributed by atoms with Gasteiger partial charge in [0.2, 0.25) is 0 Å². The van der Waals surface area contributed by atoms with Crippen LogP contribution < -0.4 is 5.32 Å². The summed E-state index contributed by atoms with van der Waals surface area (Å²) in [5.41, 5.74) is -0.387. The minimum absolute atomic E-state index is 0.387. The highest BCUT2D eigenvalue weighted by atomic mass is 15.1. The van der Waals surface area contributed by atoms with E-state index in [2.05, 4.69) is 37.1 Å². The van der Waals surface area contributed by atoms with Gasteiger partial charge in [-0.05, 0) is 40.8 Å². The molecule has 3 nitrogen and oxygen atoms in total. The third-order valence-electron chi connectivity index (χ3n) is 2.83. The van der Waals surface area contributed by atoms with E-state index < -0.39 is 0 Å². The van der Waals surface area contributed by atoms with Crippen molar-refractivity contribution in [2.24, 2.45) is 0 Å². The molecular weight excluding hydrogens is 174 g/mol. The second-order valence-corrected chi connectivity index (χ2v) is 4.17. The Hall–Kier alpha value is -0.590. The average molecular weight is 197 g/mol. The lowest BCUT2D eigenvalue weighted by Crippen LogP contribution is -2.43. The second kappa shape index (κ2) is 6.00. The average Bonchev–Trinajstić information content (AvgIpc) is 2.18. The molecule has 0 bridgehead atoms. The molecule has 0 rings (SSSR count). The molecule has 1 N–H and O–H groups in total. The first-order valence-corrected chi connectivity index (χ1v) is 5.33. The van der Waals surface area contributed by atoms with E-state index in [1.165, 1.54) is 0 Å². The molecule has 0 aromatic heterocycles. The molecule has 82 valence electrons. The van der Waals surface area contributed by atoms with Gasteiger partial charge in [-0.1, -0.05) is 6.92 Å². The first-order valence-electron chi connectivity index (χ1n) is 5.33. The minimum atomic E-state index is -0.387. The quantitative estimate of drug-likeness (QED) is 0.703. The van der Waals surface area contributed by atoms with Gasteiger partial charge in [0, 0.05) is 12.6 Å². The standard InChI is InChI=1S/C11H23N3/c1-6-14(10(2)3)8-7-11(4,9-12)13-5/h10,13H,6-8H2,1-5H3. The number of nitrogens with one attached hydrogen (secondary N) is 1. The number of nitriles is 1. The zero-order valence-corrected chi connectivity index (χ0v) is 10.1. The molecule has 0 heterocycles. The first kappa shape index (κ1) is 13.4. The van der Waals surface area contributed by atoms with Gasteiger partial charge < -0.3 is 10.2 Å². The van der Waals surface area contributed by atoms with Gasteiger partial charge in [0.05, 0.1) is 6.07 Å². The van der Waals surface area contributed by atoms with E-state index in [0.717, 1.165) is 19.5 Å². The number of hydrogen-bond donors (Lipinski definition) is 1. The van der Waals surface area contributed by atoms with Gasteiger partial charge >= 0.3 is 0 Å². The summed E-state index contributed by atoms with van der Waals surface area (Å²) in [7, 11) is 1.84. The van der Waals surface area contributed by atoms with E-state index in [1.807, 2.05) is 14.0 Å². The number of nitrogens with zero attached hydrogens (tertiary/aromatic N) is 2. The smallest absolute Gasteiger partial charge is 0.104 e. The third kappa shape index (κ3) is 4.08. The van der Waals surface area contributed by atoms with Gasteiger partial charge in [0.15, 0.2) is 0 Å².